The van der Waals surface area contributed by atoms with Crippen LogP contribution >= 0.6 is 0 Å². The zero-order chi connectivity index (χ0) is 10.2. The number of anilines is 1. The summed E-state index contributed by atoms with van der Waals surface area (Å²) in [5.74, 6) is 0.821. The van der Waals surface area contributed by atoms with Gasteiger partial charge in [0.1, 0.15) is 5.82 Å². The van der Waals surface area contributed by atoms with E-state index in [2.05, 4.69) is 23.7 Å². The predicted octanol–water partition coefficient (Wildman–Crippen LogP) is 1.74. The van der Waals surface area contributed by atoms with Crippen molar-refractivity contribution in [1.29, 1.82) is 0 Å². The van der Waals surface area contributed by atoms with Gasteiger partial charge in [0.05, 0.1) is 5.56 Å². The number of rotatable bonds is 2. The minimum absolute atomic E-state index is 0.359. The van der Waals surface area contributed by atoms with Crippen LogP contribution in [0.5, 0.6) is 0 Å². The smallest absolute Gasteiger partial charge is 0.153 e. The maximum absolute atomic E-state index is 10.8. The fourth-order valence-electron chi connectivity index (χ4n) is 1.90. The van der Waals surface area contributed by atoms with Gasteiger partial charge >= 0.3 is 0 Å². The predicted molar refractivity (Wildman–Crippen MR) is 55.6 cm³/mol. The number of hydrogen-bond donors (Lipinski definition) is 0. The molecule has 1 aromatic rings. The molecule has 0 N–H and O–H groups in total. The molecule has 0 atom stereocenters. The summed E-state index contributed by atoms with van der Waals surface area (Å²) in [6.45, 7) is 6.38. The standard InChI is InChI=1S/C11H14N2O/c1-11(2)7-13(8-11)10-9(6-14)4-3-5-12-10/h3-6H,7-8H2,1-2H3. The van der Waals surface area contributed by atoms with E-state index in [1.807, 2.05) is 0 Å². The largest absolute Gasteiger partial charge is 0.355 e. The molecule has 1 fully saturated rings. The summed E-state index contributed by atoms with van der Waals surface area (Å²) >= 11 is 0. The number of pyridine rings is 1. The first-order valence-corrected chi connectivity index (χ1v) is 4.77. The second kappa shape index (κ2) is 3.08. The Balaban J connectivity index is 2.22. The van der Waals surface area contributed by atoms with E-state index in [0.717, 1.165) is 25.2 Å². The van der Waals surface area contributed by atoms with Crippen molar-refractivity contribution in [3.63, 3.8) is 0 Å². The maximum Gasteiger partial charge on any atom is 0.153 e. The van der Waals surface area contributed by atoms with Crippen molar-refractivity contribution in [1.82, 2.24) is 4.98 Å². The third-order valence-electron chi connectivity index (χ3n) is 2.48. The molecule has 1 aliphatic rings. The first-order chi connectivity index (χ1) is 6.62. The molecule has 0 aromatic carbocycles. The zero-order valence-corrected chi connectivity index (χ0v) is 8.53. The van der Waals surface area contributed by atoms with Crippen LogP contribution in [0.1, 0.15) is 24.2 Å². The lowest BCUT2D eigenvalue weighted by molar-refractivity contribution is 0.112. The molecule has 0 unspecified atom stereocenters. The highest BCUT2D eigenvalue weighted by Crippen LogP contribution is 2.33. The average Bonchev–Trinajstić information content (AvgIpc) is 2.14. The molecular weight excluding hydrogens is 176 g/mol. The van der Waals surface area contributed by atoms with E-state index in [1.54, 1.807) is 18.3 Å². The van der Waals surface area contributed by atoms with Gasteiger partial charge in [0, 0.05) is 19.3 Å². The Morgan fingerprint density at radius 2 is 2.21 bits per heavy atom. The number of hydrogen-bond acceptors (Lipinski definition) is 3. The van der Waals surface area contributed by atoms with Gasteiger partial charge in [-0.25, -0.2) is 4.98 Å². The molecule has 1 aliphatic heterocycles. The Morgan fingerprint density at radius 1 is 1.50 bits per heavy atom. The highest BCUT2D eigenvalue weighted by molar-refractivity contribution is 5.83. The van der Waals surface area contributed by atoms with Crippen molar-refractivity contribution in [2.45, 2.75) is 13.8 Å². The van der Waals surface area contributed by atoms with E-state index in [1.165, 1.54) is 0 Å². The number of carbonyl (C=O) groups excluding carboxylic acids is 1. The molecule has 14 heavy (non-hydrogen) atoms. The normalized spacial score (nSPS) is 18.9. The Morgan fingerprint density at radius 3 is 2.79 bits per heavy atom. The maximum atomic E-state index is 10.8. The van der Waals surface area contributed by atoms with E-state index in [4.69, 9.17) is 0 Å². The summed E-state index contributed by atoms with van der Waals surface area (Å²) in [5.41, 5.74) is 1.04. The molecule has 74 valence electrons. The monoisotopic (exact) mass is 190 g/mol. The molecule has 0 bridgehead atoms. The van der Waals surface area contributed by atoms with Gasteiger partial charge in [-0.05, 0) is 17.5 Å². The molecule has 0 amide bonds. The quantitative estimate of drug-likeness (QED) is 0.666. The Kier molecular flexibility index (Phi) is 2.02. The van der Waals surface area contributed by atoms with Gasteiger partial charge in [-0.15, -0.1) is 0 Å². The average molecular weight is 190 g/mol. The van der Waals surface area contributed by atoms with Gasteiger partial charge in [0.25, 0.3) is 0 Å². The van der Waals surface area contributed by atoms with E-state index in [0.29, 0.717) is 11.0 Å². The lowest BCUT2D eigenvalue weighted by Gasteiger charge is -2.46. The number of aldehydes is 1. The summed E-state index contributed by atoms with van der Waals surface area (Å²) in [6, 6.07) is 3.60. The molecule has 3 heteroatoms. The second-order valence-electron chi connectivity index (χ2n) is 4.55. The molecule has 3 nitrogen and oxygen atoms in total. The van der Waals surface area contributed by atoms with Gasteiger partial charge < -0.3 is 4.90 Å². The minimum Gasteiger partial charge on any atom is -0.355 e. The van der Waals surface area contributed by atoms with Crippen molar-refractivity contribution in [2.75, 3.05) is 18.0 Å². The molecule has 0 aliphatic carbocycles. The summed E-state index contributed by atoms with van der Waals surface area (Å²) in [5, 5.41) is 0. The lowest BCUT2D eigenvalue weighted by atomic mass is 9.84. The Bertz CT molecular complexity index is 352. The zero-order valence-electron chi connectivity index (χ0n) is 8.53. The number of aromatic nitrogens is 1. The summed E-state index contributed by atoms with van der Waals surface area (Å²) in [4.78, 5) is 17.1. The third kappa shape index (κ3) is 1.50. The van der Waals surface area contributed by atoms with Gasteiger partial charge in [0.2, 0.25) is 0 Å². The molecule has 0 radical (unpaired) electrons. The van der Waals surface area contributed by atoms with Gasteiger partial charge in [-0.2, -0.15) is 0 Å². The van der Waals surface area contributed by atoms with Gasteiger partial charge in [0.15, 0.2) is 6.29 Å². The molecule has 0 spiro atoms. The molecule has 2 heterocycles. The lowest BCUT2D eigenvalue weighted by Crippen LogP contribution is -2.53. The van der Waals surface area contributed by atoms with Crippen molar-refractivity contribution in [2.24, 2.45) is 5.41 Å². The second-order valence-corrected chi connectivity index (χ2v) is 4.55. The van der Waals surface area contributed by atoms with E-state index >= 15 is 0 Å². The van der Waals surface area contributed by atoms with Gasteiger partial charge in [-0.3, -0.25) is 4.79 Å². The van der Waals surface area contributed by atoms with Crippen LogP contribution < -0.4 is 4.90 Å². The van der Waals surface area contributed by atoms with Gasteiger partial charge in [-0.1, -0.05) is 13.8 Å². The molecule has 1 saturated heterocycles. The fourth-order valence-corrected chi connectivity index (χ4v) is 1.90. The minimum atomic E-state index is 0.359. The van der Waals surface area contributed by atoms with E-state index in [9.17, 15) is 4.79 Å². The SMILES string of the molecule is CC1(C)CN(c2ncccc2C=O)C1. The Hall–Kier alpha value is -1.38. The van der Waals surface area contributed by atoms with E-state index in [-0.39, 0.29) is 0 Å². The summed E-state index contributed by atoms with van der Waals surface area (Å²) in [6.07, 6.45) is 2.60. The van der Waals surface area contributed by atoms with Crippen molar-refractivity contribution in [3.05, 3.63) is 23.9 Å². The number of carbonyl (C=O) groups is 1. The van der Waals surface area contributed by atoms with Crippen LogP contribution in [-0.2, 0) is 0 Å². The third-order valence-corrected chi connectivity index (χ3v) is 2.48. The van der Waals surface area contributed by atoms with Crippen LogP contribution in [-0.4, -0.2) is 24.4 Å². The first kappa shape index (κ1) is 9.19. The topological polar surface area (TPSA) is 33.2 Å². The molecule has 2 rings (SSSR count). The van der Waals surface area contributed by atoms with Crippen molar-refractivity contribution in [3.8, 4) is 0 Å². The van der Waals surface area contributed by atoms with E-state index < -0.39 is 0 Å². The first-order valence-electron chi connectivity index (χ1n) is 4.77. The fraction of sp³-hybridized carbons (Fsp3) is 0.455. The summed E-state index contributed by atoms with van der Waals surface area (Å²) in [7, 11) is 0. The van der Waals surface area contributed by atoms with Crippen LogP contribution in [0.15, 0.2) is 18.3 Å². The van der Waals surface area contributed by atoms with Crippen LogP contribution in [0, 0.1) is 5.41 Å². The number of nitrogens with zero attached hydrogens (tertiary/aromatic N) is 2. The van der Waals surface area contributed by atoms with Crippen LogP contribution in [0.25, 0.3) is 0 Å². The molecule has 1 aromatic heterocycles. The summed E-state index contributed by atoms with van der Waals surface area (Å²) < 4.78 is 0. The Labute approximate surface area is 83.8 Å². The van der Waals surface area contributed by atoms with Crippen molar-refractivity contribution < 1.29 is 4.79 Å². The van der Waals surface area contributed by atoms with Crippen molar-refractivity contribution >= 4 is 12.1 Å². The van der Waals surface area contributed by atoms with Crippen LogP contribution in [0.3, 0.4) is 0 Å². The molecule has 0 saturated carbocycles. The highest BCUT2D eigenvalue weighted by Gasteiger charge is 2.35. The molecular formula is C11H14N2O. The van der Waals surface area contributed by atoms with Crippen LogP contribution in [0.2, 0.25) is 0 Å². The van der Waals surface area contributed by atoms with Crippen LogP contribution in [0.4, 0.5) is 5.82 Å². The highest BCUT2D eigenvalue weighted by atomic mass is 16.1.